The van der Waals surface area contributed by atoms with Crippen molar-refractivity contribution >= 4 is 0 Å². The molecule has 0 saturated carbocycles. The number of methoxy groups -OCH3 is 1. The number of hydrogen-bond acceptors (Lipinski definition) is 2. The van der Waals surface area contributed by atoms with Gasteiger partial charge in [-0.3, -0.25) is 0 Å². The van der Waals surface area contributed by atoms with Crippen LogP contribution in [0.1, 0.15) is 30.9 Å². The Morgan fingerprint density at radius 1 is 0.800 bits per heavy atom. The Hall–Kier alpha value is -3.07. The lowest BCUT2D eigenvalue weighted by molar-refractivity contribution is -0.189. The van der Waals surface area contributed by atoms with Crippen LogP contribution >= 0.6 is 0 Å². The van der Waals surface area contributed by atoms with Gasteiger partial charge in [0.25, 0.3) is 0 Å². The number of alkyl halides is 2. The van der Waals surface area contributed by atoms with Gasteiger partial charge < -0.3 is 9.47 Å². The molecule has 0 aromatic heterocycles. The molecular weight excluding hydrogens is 477 g/mol. The summed E-state index contributed by atoms with van der Waals surface area (Å²) >= 11 is 0. The Bertz CT molecular complexity index is 1120. The van der Waals surface area contributed by atoms with Gasteiger partial charge >= 0.3 is 6.11 Å². The van der Waals surface area contributed by atoms with Gasteiger partial charge in [-0.25, -0.2) is 22.0 Å². The minimum absolute atomic E-state index is 0.0127. The molecule has 0 aliphatic carbocycles. The van der Waals surface area contributed by atoms with Crippen molar-refractivity contribution in [3.05, 3.63) is 88.7 Å². The summed E-state index contributed by atoms with van der Waals surface area (Å²) < 4.78 is 107. The minimum Gasteiger partial charge on any atom is -0.429 e. The maximum absolute atomic E-state index is 14.6. The molecule has 0 amide bonds. The van der Waals surface area contributed by atoms with Crippen LogP contribution in [-0.2, 0) is 17.3 Å². The van der Waals surface area contributed by atoms with Crippen LogP contribution in [-0.4, -0.2) is 13.7 Å². The summed E-state index contributed by atoms with van der Waals surface area (Å²) in [6.07, 6.45) is -1.93. The van der Waals surface area contributed by atoms with Crippen LogP contribution in [0.5, 0.6) is 5.75 Å². The second-order valence-corrected chi connectivity index (χ2v) is 8.28. The summed E-state index contributed by atoms with van der Waals surface area (Å²) in [5, 5.41) is 0. The third-order valence-corrected chi connectivity index (χ3v) is 5.44. The normalized spacial score (nSPS) is 12.6. The van der Waals surface area contributed by atoms with Crippen LogP contribution in [0.25, 0.3) is 11.1 Å². The van der Waals surface area contributed by atoms with E-state index in [4.69, 9.17) is 4.74 Å². The van der Waals surface area contributed by atoms with Gasteiger partial charge in [-0.05, 0) is 54.0 Å². The Morgan fingerprint density at radius 3 is 1.91 bits per heavy atom. The third kappa shape index (κ3) is 6.54. The van der Waals surface area contributed by atoms with Crippen LogP contribution in [0.4, 0.5) is 30.7 Å². The summed E-state index contributed by atoms with van der Waals surface area (Å²) in [5.41, 5.74) is -0.320. The topological polar surface area (TPSA) is 18.5 Å². The second kappa shape index (κ2) is 11.1. The molecule has 0 radical (unpaired) electrons. The van der Waals surface area contributed by atoms with E-state index in [1.165, 1.54) is 0 Å². The molecule has 3 aromatic carbocycles. The first-order valence-corrected chi connectivity index (χ1v) is 10.8. The van der Waals surface area contributed by atoms with Crippen molar-refractivity contribution in [2.75, 3.05) is 13.7 Å². The molecule has 0 bridgehead atoms. The molecule has 3 rings (SSSR count). The lowest BCUT2D eigenvalue weighted by Gasteiger charge is -2.20. The van der Waals surface area contributed by atoms with Crippen molar-refractivity contribution in [3.63, 3.8) is 0 Å². The van der Waals surface area contributed by atoms with E-state index in [0.29, 0.717) is 30.2 Å². The first-order chi connectivity index (χ1) is 16.5. The number of hydrogen-bond donors (Lipinski definition) is 0. The molecule has 0 spiro atoms. The Balaban J connectivity index is 1.77. The standard InChI is InChI=1S/C26H23F7O2/c1-15(14-34-2)4-3-5-16-6-8-17(9-7-16)18-10-20(27)24(21(28)11-18)26(32,33)35-19-12-22(29)25(31)23(30)13-19/h6-13,15H,3-5,14H2,1-2H3. The summed E-state index contributed by atoms with van der Waals surface area (Å²) in [6, 6.07) is 8.55. The maximum atomic E-state index is 14.6. The van der Waals surface area contributed by atoms with Crippen molar-refractivity contribution in [3.8, 4) is 16.9 Å². The highest BCUT2D eigenvalue weighted by Gasteiger charge is 2.41. The predicted molar refractivity (Wildman–Crippen MR) is 117 cm³/mol. The number of aryl methyl sites for hydroxylation is 1. The monoisotopic (exact) mass is 500 g/mol. The average Bonchev–Trinajstić information content (AvgIpc) is 2.77. The summed E-state index contributed by atoms with van der Waals surface area (Å²) in [4.78, 5) is 0. The van der Waals surface area contributed by atoms with Crippen LogP contribution in [0, 0.1) is 35.0 Å². The van der Waals surface area contributed by atoms with E-state index in [0.717, 1.165) is 24.8 Å². The Morgan fingerprint density at radius 2 is 1.37 bits per heavy atom. The Kier molecular flexibility index (Phi) is 8.43. The van der Waals surface area contributed by atoms with Crippen molar-refractivity contribution in [1.82, 2.24) is 0 Å². The molecule has 188 valence electrons. The van der Waals surface area contributed by atoms with E-state index in [1.807, 2.05) is 0 Å². The summed E-state index contributed by atoms with van der Waals surface area (Å²) in [7, 11) is 1.65. The van der Waals surface area contributed by atoms with Crippen molar-refractivity contribution in [2.24, 2.45) is 5.92 Å². The fourth-order valence-electron chi connectivity index (χ4n) is 3.69. The van der Waals surface area contributed by atoms with E-state index in [1.54, 1.807) is 31.4 Å². The van der Waals surface area contributed by atoms with E-state index in [-0.39, 0.29) is 17.7 Å². The smallest absolute Gasteiger partial charge is 0.429 e. The lowest BCUT2D eigenvalue weighted by atomic mass is 9.98. The highest BCUT2D eigenvalue weighted by atomic mass is 19.3. The van der Waals surface area contributed by atoms with Gasteiger partial charge in [-0.1, -0.05) is 31.2 Å². The van der Waals surface area contributed by atoms with Crippen LogP contribution in [0.2, 0.25) is 0 Å². The van der Waals surface area contributed by atoms with Gasteiger partial charge in [0.05, 0.1) is 0 Å². The van der Waals surface area contributed by atoms with E-state index < -0.39 is 46.5 Å². The zero-order chi connectivity index (χ0) is 25.8. The van der Waals surface area contributed by atoms with Crippen molar-refractivity contribution in [1.29, 1.82) is 0 Å². The molecule has 0 aliphatic heterocycles. The SMILES string of the molecule is COCC(C)CCCc1ccc(-c2cc(F)c(C(F)(F)Oc3cc(F)c(F)c(F)c3)c(F)c2)cc1. The maximum Gasteiger partial charge on any atom is 0.432 e. The van der Waals surface area contributed by atoms with Crippen LogP contribution in [0.3, 0.4) is 0 Å². The first kappa shape index (κ1) is 26.5. The van der Waals surface area contributed by atoms with Gasteiger partial charge in [0.1, 0.15) is 22.9 Å². The van der Waals surface area contributed by atoms with Gasteiger partial charge in [0.2, 0.25) is 0 Å². The lowest BCUT2D eigenvalue weighted by Crippen LogP contribution is -2.25. The molecule has 9 heteroatoms. The van der Waals surface area contributed by atoms with E-state index >= 15 is 0 Å². The molecule has 1 unspecified atom stereocenters. The van der Waals surface area contributed by atoms with Crippen LogP contribution in [0.15, 0.2) is 48.5 Å². The molecule has 0 N–H and O–H groups in total. The summed E-state index contributed by atoms with van der Waals surface area (Å²) in [6.45, 7) is 2.76. The molecule has 2 nitrogen and oxygen atoms in total. The third-order valence-electron chi connectivity index (χ3n) is 5.44. The second-order valence-electron chi connectivity index (χ2n) is 8.28. The van der Waals surface area contributed by atoms with Gasteiger partial charge in [-0.2, -0.15) is 8.78 Å². The molecular formula is C26H23F7O2. The summed E-state index contributed by atoms with van der Waals surface area (Å²) in [5.74, 6) is -9.43. The predicted octanol–water partition coefficient (Wildman–Crippen LogP) is 7.78. The fourth-order valence-corrected chi connectivity index (χ4v) is 3.69. The Labute approximate surface area is 198 Å². The first-order valence-electron chi connectivity index (χ1n) is 10.8. The highest BCUT2D eigenvalue weighted by molar-refractivity contribution is 5.64. The number of halogens is 7. The highest BCUT2D eigenvalue weighted by Crippen LogP contribution is 2.37. The van der Waals surface area contributed by atoms with E-state index in [9.17, 15) is 30.7 Å². The van der Waals surface area contributed by atoms with Crippen LogP contribution < -0.4 is 4.74 Å². The van der Waals surface area contributed by atoms with Gasteiger partial charge in [0.15, 0.2) is 17.5 Å². The number of rotatable bonds is 10. The van der Waals surface area contributed by atoms with Gasteiger partial charge in [-0.15, -0.1) is 0 Å². The van der Waals surface area contributed by atoms with Crippen molar-refractivity contribution < 1.29 is 40.2 Å². The molecule has 0 aliphatic rings. The quantitative estimate of drug-likeness (QED) is 0.209. The zero-order valence-corrected chi connectivity index (χ0v) is 19.0. The van der Waals surface area contributed by atoms with Gasteiger partial charge in [0, 0.05) is 25.8 Å². The largest absolute Gasteiger partial charge is 0.432 e. The average molecular weight is 500 g/mol. The molecule has 0 fully saturated rings. The zero-order valence-electron chi connectivity index (χ0n) is 19.0. The molecule has 1 atom stereocenters. The molecule has 0 heterocycles. The number of ether oxygens (including phenoxy) is 2. The fraction of sp³-hybridized carbons (Fsp3) is 0.308. The minimum atomic E-state index is -4.63. The molecule has 0 saturated heterocycles. The molecule has 35 heavy (non-hydrogen) atoms. The number of benzene rings is 3. The molecule has 3 aromatic rings. The van der Waals surface area contributed by atoms with Crippen molar-refractivity contribution in [2.45, 2.75) is 32.3 Å². The van der Waals surface area contributed by atoms with E-state index in [2.05, 4.69) is 11.7 Å².